The molecule has 0 unspecified atom stereocenters. The van der Waals surface area contributed by atoms with Crippen LogP contribution >= 0.6 is 11.6 Å². The highest BCUT2D eigenvalue weighted by molar-refractivity contribution is 6.32. The number of carbonyl (C=O) groups is 1. The number of benzene rings is 3. The van der Waals surface area contributed by atoms with Crippen molar-refractivity contribution < 1.29 is 23.8 Å². The van der Waals surface area contributed by atoms with Crippen LogP contribution in [-0.4, -0.2) is 18.5 Å². The number of aldehydes is 1. The highest BCUT2D eigenvalue weighted by Crippen LogP contribution is 2.36. The molecule has 0 bridgehead atoms. The summed E-state index contributed by atoms with van der Waals surface area (Å²) in [5.74, 6) is 0.119. The van der Waals surface area contributed by atoms with Crippen LogP contribution < -0.4 is 9.47 Å². The summed E-state index contributed by atoms with van der Waals surface area (Å²) in [4.78, 5) is 10.8. The van der Waals surface area contributed by atoms with Gasteiger partial charge in [0.15, 0.2) is 6.29 Å². The van der Waals surface area contributed by atoms with E-state index in [0.29, 0.717) is 28.7 Å². The molecule has 0 radical (unpaired) electrons. The molecule has 0 atom stereocenters. The number of phenolic OH excluding ortho intramolecular Hbond substituents is 1. The maximum Gasteiger partial charge on any atom is 0.153 e. The van der Waals surface area contributed by atoms with Crippen molar-refractivity contribution in [2.24, 2.45) is 0 Å². The number of phenols is 1. The van der Waals surface area contributed by atoms with Crippen LogP contribution in [0.1, 0.15) is 15.9 Å². The number of hydrogen-bond acceptors (Lipinski definition) is 4. The van der Waals surface area contributed by atoms with Crippen LogP contribution in [0.2, 0.25) is 5.02 Å². The zero-order chi connectivity index (χ0) is 19.4. The number of para-hydroxylation sites is 1. The van der Waals surface area contributed by atoms with Crippen LogP contribution in [0.4, 0.5) is 4.39 Å². The number of aromatic hydroxyl groups is 1. The molecule has 0 fully saturated rings. The predicted octanol–water partition coefficient (Wildman–Crippen LogP) is 5.25. The molecule has 3 rings (SSSR count). The van der Waals surface area contributed by atoms with Gasteiger partial charge in [-0.25, -0.2) is 4.39 Å². The van der Waals surface area contributed by atoms with Crippen molar-refractivity contribution in [3.63, 3.8) is 0 Å². The Hall–Kier alpha value is -3.05. The lowest BCUT2D eigenvalue weighted by Crippen LogP contribution is -2.01. The first-order valence-electron chi connectivity index (χ1n) is 8.06. The average Bonchev–Trinajstić information content (AvgIpc) is 2.68. The highest BCUT2D eigenvalue weighted by atomic mass is 35.5. The van der Waals surface area contributed by atoms with Crippen LogP contribution in [-0.2, 0) is 6.61 Å². The van der Waals surface area contributed by atoms with Crippen LogP contribution in [0.3, 0.4) is 0 Å². The molecule has 0 saturated carbocycles. The van der Waals surface area contributed by atoms with Gasteiger partial charge < -0.3 is 14.6 Å². The summed E-state index contributed by atoms with van der Waals surface area (Å²) < 4.78 is 25.4. The van der Waals surface area contributed by atoms with E-state index in [4.69, 9.17) is 21.1 Å². The van der Waals surface area contributed by atoms with E-state index in [1.165, 1.54) is 25.3 Å². The van der Waals surface area contributed by atoms with E-state index in [0.717, 1.165) is 0 Å². The summed E-state index contributed by atoms with van der Waals surface area (Å²) in [6, 6.07) is 14.4. The third-order valence-corrected chi connectivity index (χ3v) is 4.35. The molecule has 4 nitrogen and oxygen atoms in total. The third-order valence-electron chi connectivity index (χ3n) is 4.06. The SMILES string of the molecule is COc1c(COc2cc(O)c(C=O)cc2Cl)cccc1-c1ccccc1F. The minimum absolute atomic E-state index is 0.0745. The Labute approximate surface area is 160 Å². The number of rotatable bonds is 6. The van der Waals surface area contributed by atoms with Crippen LogP contribution in [0.5, 0.6) is 17.2 Å². The van der Waals surface area contributed by atoms with Crippen LogP contribution in [0.15, 0.2) is 54.6 Å². The van der Waals surface area contributed by atoms with Gasteiger partial charge in [0.1, 0.15) is 29.7 Å². The molecule has 0 aliphatic carbocycles. The zero-order valence-corrected chi connectivity index (χ0v) is 15.2. The number of carbonyl (C=O) groups excluding carboxylic acids is 1. The fourth-order valence-electron chi connectivity index (χ4n) is 2.75. The molecular formula is C21H16ClFO4. The van der Waals surface area contributed by atoms with E-state index in [2.05, 4.69) is 0 Å². The first-order valence-corrected chi connectivity index (χ1v) is 8.44. The minimum Gasteiger partial charge on any atom is -0.507 e. The molecule has 0 saturated heterocycles. The van der Waals surface area contributed by atoms with Crippen molar-refractivity contribution >= 4 is 17.9 Å². The summed E-state index contributed by atoms with van der Waals surface area (Å²) in [6.07, 6.45) is 0.506. The lowest BCUT2D eigenvalue weighted by atomic mass is 10.0. The largest absolute Gasteiger partial charge is 0.507 e. The van der Waals surface area contributed by atoms with Crippen molar-refractivity contribution in [1.29, 1.82) is 0 Å². The van der Waals surface area contributed by atoms with Crippen LogP contribution in [0, 0.1) is 5.82 Å². The predicted molar refractivity (Wildman–Crippen MR) is 101 cm³/mol. The van der Waals surface area contributed by atoms with E-state index < -0.39 is 0 Å². The van der Waals surface area contributed by atoms with Gasteiger partial charge in [-0.1, -0.05) is 48.0 Å². The molecule has 0 aliphatic rings. The van der Waals surface area contributed by atoms with Crippen molar-refractivity contribution in [1.82, 2.24) is 0 Å². The first-order chi connectivity index (χ1) is 13.0. The van der Waals surface area contributed by atoms with Crippen LogP contribution in [0.25, 0.3) is 11.1 Å². The average molecular weight is 387 g/mol. The molecule has 0 aromatic heterocycles. The third kappa shape index (κ3) is 3.88. The standard InChI is InChI=1S/C21H16ClFO4/c1-26-21-13(5-4-7-16(21)15-6-2-3-8-18(15)23)12-27-20-10-19(25)14(11-24)9-17(20)22/h2-11,25H,12H2,1H3. The van der Waals surface area contributed by atoms with Gasteiger partial charge in [-0.3, -0.25) is 4.79 Å². The Bertz CT molecular complexity index is 988. The molecule has 6 heteroatoms. The maximum absolute atomic E-state index is 14.2. The van der Waals surface area contributed by atoms with Gasteiger partial charge in [0.25, 0.3) is 0 Å². The molecule has 3 aromatic carbocycles. The summed E-state index contributed by atoms with van der Waals surface area (Å²) in [6.45, 7) is 0.0745. The number of halogens is 2. The van der Waals surface area contributed by atoms with E-state index in [1.54, 1.807) is 36.4 Å². The minimum atomic E-state index is -0.355. The van der Waals surface area contributed by atoms with Gasteiger partial charge in [-0.05, 0) is 12.1 Å². The quantitative estimate of drug-likeness (QED) is 0.588. The first kappa shape index (κ1) is 18.7. The van der Waals surface area contributed by atoms with E-state index in [1.807, 2.05) is 0 Å². The summed E-state index contributed by atoms with van der Waals surface area (Å²) in [5.41, 5.74) is 1.77. The molecule has 27 heavy (non-hydrogen) atoms. The molecule has 0 spiro atoms. The lowest BCUT2D eigenvalue weighted by molar-refractivity contribution is 0.112. The fourth-order valence-corrected chi connectivity index (χ4v) is 2.98. The molecule has 1 N–H and O–H groups in total. The number of methoxy groups -OCH3 is 1. The monoisotopic (exact) mass is 386 g/mol. The maximum atomic E-state index is 14.2. The second-order valence-corrected chi connectivity index (χ2v) is 6.13. The smallest absolute Gasteiger partial charge is 0.153 e. The van der Waals surface area contributed by atoms with Gasteiger partial charge in [0.2, 0.25) is 0 Å². The lowest BCUT2D eigenvalue weighted by Gasteiger charge is -2.15. The molecule has 0 aliphatic heterocycles. The van der Waals surface area contributed by atoms with Crippen molar-refractivity contribution in [2.45, 2.75) is 6.61 Å². The zero-order valence-electron chi connectivity index (χ0n) is 14.4. The van der Waals surface area contributed by atoms with Crippen molar-refractivity contribution in [3.05, 3.63) is 76.6 Å². The molecule has 138 valence electrons. The topological polar surface area (TPSA) is 55.8 Å². The van der Waals surface area contributed by atoms with E-state index >= 15 is 0 Å². The van der Waals surface area contributed by atoms with Gasteiger partial charge in [0.05, 0.1) is 17.7 Å². The molecule has 0 amide bonds. The Morgan fingerprint density at radius 3 is 2.56 bits per heavy atom. The fraction of sp³-hybridized carbons (Fsp3) is 0.0952. The molecular weight excluding hydrogens is 371 g/mol. The summed E-state index contributed by atoms with van der Waals surface area (Å²) in [5, 5.41) is 9.99. The highest BCUT2D eigenvalue weighted by Gasteiger charge is 2.15. The molecule has 0 heterocycles. The van der Waals surface area contributed by atoms with Gasteiger partial charge in [0, 0.05) is 22.8 Å². The Morgan fingerprint density at radius 1 is 1.11 bits per heavy atom. The summed E-state index contributed by atoms with van der Waals surface area (Å²) in [7, 11) is 1.50. The Morgan fingerprint density at radius 2 is 1.85 bits per heavy atom. The Kier molecular flexibility index (Phi) is 5.62. The molecule has 3 aromatic rings. The van der Waals surface area contributed by atoms with E-state index in [9.17, 15) is 14.3 Å². The number of hydrogen-bond donors (Lipinski definition) is 1. The normalized spacial score (nSPS) is 10.5. The second kappa shape index (κ2) is 8.10. The van der Waals surface area contributed by atoms with Crippen molar-refractivity contribution in [2.75, 3.05) is 7.11 Å². The Balaban J connectivity index is 1.93. The van der Waals surface area contributed by atoms with Gasteiger partial charge in [-0.2, -0.15) is 0 Å². The summed E-state index contributed by atoms with van der Waals surface area (Å²) >= 11 is 6.09. The van der Waals surface area contributed by atoms with Crippen molar-refractivity contribution in [3.8, 4) is 28.4 Å². The number of ether oxygens (including phenoxy) is 2. The second-order valence-electron chi connectivity index (χ2n) is 5.73. The van der Waals surface area contributed by atoms with Gasteiger partial charge >= 0.3 is 0 Å². The van der Waals surface area contributed by atoms with E-state index in [-0.39, 0.29) is 34.5 Å². The van der Waals surface area contributed by atoms with Gasteiger partial charge in [-0.15, -0.1) is 0 Å².